The highest BCUT2D eigenvalue weighted by atomic mass is 35.5. The molecule has 5 heterocycles. The molecule has 3 saturated heterocycles. The predicted molar refractivity (Wildman–Crippen MR) is 187 cm³/mol. The largest absolute Gasteiger partial charge is 0.493 e. The molecule has 7 rings (SSSR count). The van der Waals surface area contributed by atoms with Crippen LogP contribution in [0.15, 0.2) is 67.0 Å². The zero-order chi connectivity index (χ0) is 35.4. The van der Waals surface area contributed by atoms with Gasteiger partial charge in [-0.05, 0) is 79.4 Å². The number of esters is 1. The molecule has 14 heteroatoms. The molecule has 0 saturated carbocycles. The van der Waals surface area contributed by atoms with E-state index in [9.17, 15) is 18.4 Å². The zero-order valence-corrected chi connectivity index (χ0v) is 29.6. The third kappa shape index (κ3) is 8.15. The number of methoxy groups -OCH3 is 2. The zero-order valence-electron chi connectivity index (χ0n) is 27.3. The van der Waals surface area contributed by atoms with Crippen LogP contribution in [0.3, 0.4) is 0 Å². The maximum Gasteiger partial charge on any atom is 0.414 e. The molecule has 9 nitrogen and oxygen atoms in total. The quantitative estimate of drug-likeness (QED) is 0.133. The van der Waals surface area contributed by atoms with Crippen LogP contribution in [0.2, 0.25) is 10.0 Å². The number of fused-ring (bicyclic) bond motifs is 3. The van der Waals surface area contributed by atoms with Crippen LogP contribution in [-0.4, -0.2) is 61.9 Å². The molecular weight excluding hydrogens is 711 g/mol. The minimum atomic E-state index is -2.71. The molecule has 3 fully saturated rings. The Balaban J connectivity index is 1.24. The third-order valence-corrected chi connectivity index (χ3v) is 10.8. The van der Waals surface area contributed by atoms with Gasteiger partial charge in [0.1, 0.15) is 17.1 Å². The Morgan fingerprint density at radius 1 is 0.980 bits per heavy atom. The van der Waals surface area contributed by atoms with Crippen LogP contribution in [0.4, 0.5) is 19.3 Å². The number of alkyl halides is 2. The molecule has 0 unspecified atom stereocenters. The van der Waals surface area contributed by atoms with E-state index in [0.29, 0.717) is 44.1 Å². The van der Waals surface area contributed by atoms with E-state index in [4.69, 9.17) is 42.1 Å². The second-order valence-electron chi connectivity index (χ2n) is 12.1. The number of ether oxygens (including phenoxy) is 4. The highest BCUT2D eigenvalue weighted by Gasteiger charge is 2.37. The topological polar surface area (TPSA) is 90.4 Å². The van der Waals surface area contributed by atoms with E-state index in [1.165, 1.54) is 49.7 Å². The molecular formula is C36H35Cl2F2N3O6S. The molecule has 2 aromatic heterocycles. The lowest BCUT2D eigenvalue weighted by Gasteiger charge is -2.44. The fourth-order valence-electron chi connectivity index (χ4n) is 6.34. The minimum absolute atomic E-state index is 0.00802. The van der Waals surface area contributed by atoms with Gasteiger partial charge in [0.2, 0.25) is 0 Å². The highest BCUT2D eigenvalue weighted by molar-refractivity contribution is 7.14. The van der Waals surface area contributed by atoms with Gasteiger partial charge in [0.15, 0.2) is 11.5 Å². The molecule has 1 amide bonds. The van der Waals surface area contributed by atoms with Crippen LogP contribution in [0.25, 0.3) is 0 Å². The van der Waals surface area contributed by atoms with E-state index in [0.717, 1.165) is 37.3 Å². The molecule has 3 aliphatic heterocycles. The number of hydrogen-bond donors (Lipinski definition) is 0. The molecule has 264 valence electrons. The van der Waals surface area contributed by atoms with E-state index < -0.39 is 24.6 Å². The first-order valence-corrected chi connectivity index (χ1v) is 17.6. The summed E-state index contributed by atoms with van der Waals surface area (Å²) in [6.07, 6.45) is 0.488. The van der Waals surface area contributed by atoms with Gasteiger partial charge in [-0.2, -0.15) is 0 Å². The number of piperidine rings is 3. The van der Waals surface area contributed by atoms with Gasteiger partial charge in [0.25, 0.3) is 6.43 Å². The second-order valence-corrected chi connectivity index (χ2v) is 14.1. The molecule has 2 aromatic carbocycles. The smallest absolute Gasteiger partial charge is 0.414 e. The summed E-state index contributed by atoms with van der Waals surface area (Å²) in [5, 5.41) is 0.636. The second kappa shape index (κ2) is 15.9. The van der Waals surface area contributed by atoms with Crippen molar-refractivity contribution in [1.82, 2.24) is 9.88 Å². The first-order valence-electron chi connectivity index (χ1n) is 16.0. The van der Waals surface area contributed by atoms with E-state index in [1.54, 1.807) is 36.4 Å². The van der Waals surface area contributed by atoms with Crippen molar-refractivity contribution in [2.75, 3.05) is 38.8 Å². The average molecular weight is 747 g/mol. The van der Waals surface area contributed by atoms with Gasteiger partial charge in [-0.15, -0.1) is 11.3 Å². The molecule has 0 radical (unpaired) electrons. The Hall–Kier alpha value is -3.97. The number of nitrogens with zero attached hydrogens (tertiary/aromatic N) is 3. The van der Waals surface area contributed by atoms with Crippen LogP contribution in [0.1, 0.15) is 56.6 Å². The first kappa shape index (κ1) is 35.8. The normalized spacial score (nSPS) is 18.8. The van der Waals surface area contributed by atoms with Gasteiger partial charge in [-0.25, -0.2) is 18.4 Å². The number of benzene rings is 2. The summed E-state index contributed by atoms with van der Waals surface area (Å²) in [4.78, 5) is 35.9. The molecule has 0 aliphatic carbocycles. The Morgan fingerprint density at radius 3 is 2.38 bits per heavy atom. The van der Waals surface area contributed by atoms with Gasteiger partial charge in [0.05, 0.1) is 30.8 Å². The Bertz CT molecular complexity index is 1820. The number of amides is 1. The van der Waals surface area contributed by atoms with Crippen LogP contribution in [0.5, 0.6) is 11.5 Å². The van der Waals surface area contributed by atoms with Gasteiger partial charge in [-0.1, -0.05) is 41.4 Å². The number of hydrogen-bond acceptors (Lipinski definition) is 9. The minimum Gasteiger partial charge on any atom is -0.493 e. The van der Waals surface area contributed by atoms with Gasteiger partial charge in [0, 0.05) is 41.5 Å². The average Bonchev–Trinajstić information content (AvgIpc) is 3.61. The maximum atomic E-state index is 13.7. The molecule has 0 spiro atoms. The van der Waals surface area contributed by atoms with Crippen LogP contribution < -0.4 is 14.4 Å². The number of halogens is 4. The van der Waals surface area contributed by atoms with Crippen LogP contribution >= 0.6 is 34.5 Å². The summed E-state index contributed by atoms with van der Waals surface area (Å²) in [5.41, 5.74) is 1.21. The summed E-state index contributed by atoms with van der Waals surface area (Å²) < 4.78 is 50.3. The lowest BCUT2D eigenvalue weighted by atomic mass is 9.86. The van der Waals surface area contributed by atoms with E-state index in [2.05, 4.69) is 9.88 Å². The molecule has 2 atom stereocenters. The summed E-state index contributed by atoms with van der Waals surface area (Å²) >= 11 is 14.0. The number of aromatic nitrogens is 1. The standard InChI is InChI=1S/C36H35Cl2F2N3O6S/c1-46-29-8-6-22(15-31(29)47-2)30(16-26-27(37)17-41-18-28(26)38)48-35(44)33-9-7-25(50-33)19-43(24-5-3-4-23(14-24)34(39)40)36(45)49-32-20-42-12-10-21(32)11-13-42/h3-9,14-15,17-18,21,30,32,34H,10-13,16,19-20H2,1-2H3/t30-,32-/m0/s1. The lowest BCUT2D eigenvalue weighted by Crippen LogP contribution is -2.53. The number of rotatable bonds is 12. The summed E-state index contributed by atoms with van der Waals surface area (Å²) in [6, 6.07) is 14.2. The fourth-order valence-corrected chi connectivity index (χ4v) is 7.74. The first-order chi connectivity index (χ1) is 24.1. The van der Waals surface area contributed by atoms with Crippen molar-refractivity contribution in [3.63, 3.8) is 0 Å². The summed E-state index contributed by atoms with van der Waals surface area (Å²) in [7, 11) is 3.03. The van der Waals surface area contributed by atoms with Crippen molar-refractivity contribution in [3.8, 4) is 11.5 Å². The number of carbonyl (C=O) groups excluding carboxylic acids is 2. The van der Waals surface area contributed by atoms with Crippen molar-refractivity contribution in [2.24, 2.45) is 5.92 Å². The van der Waals surface area contributed by atoms with E-state index in [1.807, 2.05) is 0 Å². The Labute approximate surface area is 302 Å². The van der Waals surface area contributed by atoms with E-state index >= 15 is 0 Å². The van der Waals surface area contributed by atoms with Crippen LogP contribution in [0, 0.1) is 5.92 Å². The van der Waals surface area contributed by atoms with Gasteiger partial charge >= 0.3 is 12.1 Å². The van der Waals surface area contributed by atoms with Crippen LogP contribution in [-0.2, 0) is 22.4 Å². The van der Waals surface area contributed by atoms with Crippen molar-refractivity contribution >= 4 is 52.3 Å². The Kier molecular flexibility index (Phi) is 11.4. The molecule has 4 aromatic rings. The van der Waals surface area contributed by atoms with Gasteiger partial charge < -0.3 is 18.9 Å². The molecule has 50 heavy (non-hydrogen) atoms. The maximum absolute atomic E-state index is 13.7. The lowest BCUT2D eigenvalue weighted by molar-refractivity contribution is -0.0311. The Morgan fingerprint density at radius 2 is 1.72 bits per heavy atom. The van der Waals surface area contributed by atoms with E-state index in [-0.39, 0.29) is 41.1 Å². The number of anilines is 1. The van der Waals surface area contributed by atoms with Crippen molar-refractivity contribution < 1.29 is 37.3 Å². The highest BCUT2D eigenvalue weighted by Crippen LogP contribution is 2.37. The van der Waals surface area contributed by atoms with Crippen molar-refractivity contribution in [3.05, 3.63) is 103 Å². The summed E-state index contributed by atoms with van der Waals surface area (Å²) in [6.45, 7) is 2.59. The number of thiophene rings is 1. The predicted octanol–water partition coefficient (Wildman–Crippen LogP) is 8.78. The van der Waals surface area contributed by atoms with Crippen molar-refractivity contribution in [2.45, 2.75) is 44.4 Å². The number of carbonyl (C=O) groups is 2. The third-order valence-electron chi connectivity index (χ3n) is 9.05. The monoisotopic (exact) mass is 745 g/mol. The van der Waals surface area contributed by atoms with Crippen molar-refractivity contribution in [1.29, 1.82) is 0 Å². The van der Waals surface area contributed by atoms with Gasteiger partial charge in [-0.3, -0.25) is 14.8 Å². The molecule has 0 N–H and O–H groups in total. The molecule has 2 bridgehead atoms. The molecule has 3 aliphatic rings. The fraction of sp³-hybridized carbons (Fsp3) is 0.361. The number of pyridine rings is 1. The SMILES string of the molecule is COc1ccc([C@H](Cc2c(Cl)cncc2Cl)OC(=O)c2ccc(CN(C(=O)O[C@H]3CN4CCC3CC4)c3cccc(C(F)F)c3)s2)cc1OC. The summed E-state index contributed by atoms with van der Waals surface area (Å²) in [5.74, 6) is 0.581.